The van der Waals surface area contributed by atoms with E-state index in [1.807, 2.05) is 0 Å². The highest BCUT2D eigenvalue weighted by molar-refractivity contribution is 5.19. The van der Waals surface area contributed by atoms with Crippen LogP contribution in [0, 0.1) is 18.5 Å². The Balaban J connectivity index is 3.34. The quantitative estimate of drug-likeness (QED) is 0.645. The third-order valence-corrected chi connectivity index (χ3v) is 3.11. The smallest absolute Gasteiger partial charge is 0.232 e. The largest absolute Gasteiger partial charge is 0.456 e. The summed E-state index contributed by atoms with van der Waals surface area (Å²) < 4.78 is 126. The van der Waals surface area contributed by atoms with Crippen molar-refractivity contribution in [3.8, 4) is 0 Å². The molecule has 0 bridgehead atoms. The van der Waals surface area contributed by atoms with Gasteiger partial charge in [-0.25, -0.2) is 8.78 Å². The molecule has 0 aliphatic heterocycles. The Morgan fingerprint density at radius 3 is 1.70 bits per heavy atom. The van der Waals surface area contributed by atoms with Crippen LogP contribution in [0.4, 0.5) is 43.9 Å². The molecule has 0 aromatic rings. The molecule has 0 nitrogen and oxygen atoms in total. The lowest BCUT2D eigenvalue weighted by Gasteiger charge is -2.40. The van der Waals surface area contributed by atoms with Crippen molar-refractivity contribution >= 4 is 0 Å². The molecule has 0 amide bonds. The summed E-state index contributed by atoms with van der Waals surface area (Å²) in [6, 6.07) is 0. The Bertz CT molecular complexity index is 337. The molecule has 0 aromatic heterocycles. The summed E-state index contributed by atoms with van der Waals surface area (Å²) in [7, 11) is 0. The second-order valence-corrected chi connectivity index (χ2v) is 4.39. The second-order valence-electron chi connectivity index (χ2n) is 4.39. The van der Waals surface area contributed by atoms with Gasteiger partial charge in [-0.2, -0.15) is 35.1 Å². The molecule has 1 aliphatic rings. The molecule has 10 heteroatoms. The Morgan fingerprint density at radius 1 is 0.900 bits per heavy atom. The lowest BCUT2D eigenvalue weighted by Crippen LogP contribution is -2.62. The van der Waals surface area contributed by atoms with Crippen molar-refractivity contribution < 1.29 is 43.9 Å². The third kappa shape index (κ3) is 2.57. The van der Waals surface area contributed by atoms with E-state index in [2.05, 4.69) is 0 Å². The number of hydrogen-bond donors (Lipinski definition) is 0. The van der Waals surface area contributed by atoms with Crippen molar-refractivity contribution in [1.29, 1.82) is 0 Å². The van der Waals surface area contributed by atoms with Crippen LogP contribution in [-0.4, -0.2) is 23.9 Å². The van der Waals surface area contributed by atoms with Gasteiger partial charge in [0.2, 0.25) is 5.67 Å². The van der Waals surface area contributed by atoms with E-state index in [1.54, 1.807) is 0 Å². The Hall–Kier alpha value is -0.700. The van der Waals surface area contributed by atoms with E-state index in [9.17, 15) is 43.9 Å². The van der Waals surface area contributed by atoms with Crippen molar-refractivity contribution in [2.45, 2.75) is 43.2 Å². The lowest BCUT2D eigenvalue weighted by atomic mass is 9.78. The summed E-state index contributed by atoms with van der Waals surface area (Å²) in [6.45, 7) is 0. The lowest BCUT2D eigenvalue weighted by molar-refractivity contribution is -0.347. The fraction of sp³-hybridized carbons (Fsp3) is 0.800. The number of halogens is 10. The summed E-state index contributed by atoms with van der Waals surface area (Å²) in [5, 5.41) is 0. The van der Waals surface area contributed by atoms with Crippen LogP contribution >= 0.6 is 0 Å². The zero-order valence-electron chi connectivity index (χ0n) is 9.56. The minimum Gasteiger partial charge on any atom is -0.232 e. The van der Waals surface area contributed by atoms with Crippen LogP contribution in [0.25, 0.3) is 0 Å². The molecule has 0 N–H and O–H groups in total. The van der Waals surface area contributed by atoms with E-state index in [-0.39, 0.29) is 6.42 Å². The Morgan fingerprint density at radius 2 is 1.40 bits per heavy atom. The molecule has 2 radical (unpaired) electrons. The zero-order chi connectivity index (χ0) is 16.0. The third-order valence-electron chi connectivity index (χ3n) is 3.11. The van der Waals surface area contributed by atoms with Crippen LogP contribution in [0.1, 0.15) is 19.3 Å². The van der Waals surface area contributed by atoms with Crippen molar-refractivity contribution in [3.05, 3.63) is 12.6 Å². The minimum atomic E-state index is -6.65. The van der Waals surface area contributed by atoms with E-state index in [4.69, 9.17) is 0 Å². The summed E-state index contributed by atoms with van der Waals surface area (Å²) in [5.74, 6) is -8.91. The van der Waals surface area contributed by atoms with Gasteiger partial charge in [0, 0.05) is 5.92 Å². The second kappa shape index (κ2) is 4.94. The van der Waals surface area contributed by atoms with Gasteiger partial charge in [0.05, 0.1) is 0 Å². The van der Waals surface area contributed by atoms with Gasteiger partial charge in [0.25, 0.3) is 6.17 Å². The molecule has 1 rings (SSSR count). The molecule has 0 heterocycles. The first-order valence-electron chi connectivity index (χ1n) is 5.31. The van der Waals surface area contributed by atoms with Gasteiger partial charge in [-0.05, 0) is 25.7 Å². The summed E-state index contributed by atoms with van der Waals surface area (Å²) >= 11 is 0. The topological polar surface area (TPSA) is 0 Å². The van der Waals surface area contributed by atoms with Crippen molar-refractivity contribution in [2.75, 3.05) is 0 Å². The highest BCUT2D eigenvalue weighted by Crippen LogP contribution is 2.59. The number of rotatable bonds is 3. The van der Waals surface area contributed by atoms with Crippen LogP contribution in [0.5, 0.6) is 0 Å². The average Bonchev–Trinajstić information content (AvgIpc) is 2.77. The molecule has 2 unspecified atom stereocenters. The van der Waals surface area contributed by atoms with Crippen LogP contribution in [0.15, 0.2) is 0 Å². The summed E-state index contributed by atoms with van der Waals surface area (Å²) in [6.07, 6.45) is -17.5. The van der Waals surface area contributed by atoms with Gasteiger partial charge in [-0.3, -0.25) is 0 Å². The van der Waals surface area contributed by atoms with Crippen molar-refractivity contribution in [1.82, 2.24) is 0 Å². The predicted octanol–water partition coefficient (Wildman–Crippen LogP) is 4.96. The van der Waals surface area contributed by atoms with E-state index >= 15 is 0 Å². The molecule has 1 saturated carbocycles. The first-order chi connectivity index (χ1) is 8.76. The highest BCUT2D eigenvalue weighted by atomic mass is 19.4. The van der Waals surface area contributed by atoms with Crippen LogP contribution in [-0.2, 0) is 0 Å². The SMILES string of the molecule is F[C](C(F)(F)F)C(F)(C1C[CH]CC1)C(F)(F)C(F)(F)F. The molecular weight excluding hydrogens is 310 g/mol. The van der Waals surface area contributed by atoms with Gasteiger partial charge >= 0.3 is 18.3 Å². The fourth-order valence-corrected chi connectivity index (χ4v) is 2.10. The first kappa shape index (κ1) is 17.4. The molecule has 0 aromatic carbocycles. The molecule has 1 aliphatic carbocycles. The van der Waals surface area contributed by atoms with Crippen LogP contribution < -0.4 is 0 Å². The van der Waals surface area contributed by atoms with Crippen molar-refractivity contribution in [3.63, 3.8) is 0 Å². The van der Waals surface area contributed by atoms with Gasteiger partial charge in [-0.15, -0.1) is 0 Å². The maximum atomic E-state index is 14.0. The van der Waals surface area contributed by atoms with Gasteiger partial charge in [-0.1, -0.05) is 0 Å². The molecule has 20 heavy (non-hydrogen) atoms. The summed E-state index contributed by atoms with van der Waals surface area (Å²) in [4.78, 5) is 0. The predicted molar refractivity (Wildman–Crippen MR) is 46.9 cm³/mol. The van der Waals surface area contributed by atoms with Gasteiger partial charge < -0.3 is 0 Å². The van der Waals surface area contributed by atoms with Gasteiger partial charge in [0.15, 0.2) is 0 Å². The maximum absolute atomic E-state index is 14.0. The maximum Gasteiger partial charge on any atom is 0.456 e. The van der Waals surface area contributed by atoms with Gasteiger partial charge in [0.1, 0.15) is 0 Å². The first-order valence-corrected chi connectivity index (χ1v) is 5.31. The van der Waals surface area contributed by atoms with E-state index in [1.165, 1.54) is 0 Å². The average molecular weight is 318 g/mol. The summed E-state index contributed by atoms with van der Waals surface area (Å²) in [5.41, 5.74) is -5.46. The van der Waals surface area contributed by atoms with E-state index in [0.717, 1.165) is 6.42 Å². The highest BCUT2D eigenvalue weighted by Gasteiger charge is 2.80. The van der Waals surface area contributed by atoms with E-state index < -0.39 is 48.9 Å². The Labute approximate surface area is 107 Å². The molecule has 2 atom stereocenters. The molecular formula is C10H8F10. The molecule has 118 valence electrons. The monoisotopic (exact) mass is 318 g/mol. The van der Waals surface area contributed by atoms with Crippen molar-refractivity contribution in [2.24, 2.45) is 5.92 Å². The van der Waals surface area contributed by atoms with Crippen LogP contribution in [0.3, 0.4) is 0 Å². The number of alkyl halides is 9. The zero-order valence-corrected chi connectivity index (χ0v) is 9.56. The van der Waals surface area contributed by atoms with Crippen LogP contribution in [0.2, 0.25) is 0 Å². The molecule has 0 spiro atoms. The fourth-order valence-electron chi connectivity index (χ4n) is 2.10. The number of hydrogen-bond acceptors (Lipinski definition) is 0. The standard InChI is InChI=1S/C10H8F10/c11-6(8(13,14)15)7(12,5-3-1-2-4-5)9(16,17)10(18,19)20/h1,5H,2-4H2. The van der Waals surface area contributed by atoms with E-state index in [0.29, 0.717) is 0 Å². The molecule has 1 fully saturated rings. The molecule has 0 saturated heterocycles. The minimum absolute atomic E-state index is 0.171. The normalized spacial score (nSPS) is 22.4. The Kier molecular flexibility index (Phi) is 4.29.